The summed E-state index contributed by atoms with van der Waals surface area (Å²) >= 11 is 1.87. The van der Waals surface area contributed by atoms with Crippen LogP contribution < -0.4 is 10.1 Å². The Hall–Kier alpha value is -1.21. The molecule has 1 aromatic carbocycles. The van der Waals surface area contributed by atoms with E-state index < -0.39 is 6.10 Å². The van der Waals surface area contributed by atoms with Gasteiger partial charge < -0.3 is 25.3 Å². The van der Waals surface area contributed by atoms with Crippen molar-refractivity contribution < 1.29 is 14.9 Å². The Bertz CT molecular complexity index is 674. The number of hydrogen-bond acceptors (Lipinski definition) is 5. The summed E-state index contributed by atoms with van der Waals surface area (Å²) in [5.74, 6) is 0.677. The van der Waals surface area contributed by atoms with Crippen molar-refractivity contribution in [3.8, 4) is 5.75 Å². The van der Waals surface area contributed by atoms with E-state index in [1.54, 1.807) is 0 Å². The molecule has 25 heavy (non-hydrogen) atoms. The molecular weight excluding hydrogens is 336 g/mol. The van der Waals surface area contributed by atoms with Gasteiger partial charge in [0.1, 0.15) is 18.5 Å². The maximum absolute atomic E-state index is 10.3. The molecule has 0 amide bonds. The largest absolute Gasteiger partial charge is 0.490 e. The van der Waals surface area contributed by atoms with Crippen molar-refractivity contribution >= 4 is 22.7 Å². The van der Waals surface area contributed by atoms with Gasteiger partial charge in [-0.3, -0.25) is 0 Å². The number of hydrogen-bond donors (Lipinski definition) is 4. The van der Waals surface area contributed by atoms with Gasteiger partial charge in [-0.2, -0.15) is 0 Å². The van der Waals surface area contributed by atoms with Crippen LogP contribution in [0.5, 0.6) is 5.75 Å². The van der Waals surface area contributed by atoms with Crippen molar-refractivity contribution in [3.63, 3.8) is 0 Å². The van der Waals surface area contributed by atoms with E-state index in [-0.39, 0.29) is 18.1 Å². The molecule has 4 N–H and O–H groups in total. The van der Waals surface area contributed by atoms with Crippen LogP contribution >= 0.6 is 11.8 Å². The van der Waals surface area contributed by atoms with Crippen molar-refractivity contribution in [1.82, 2.24) is 10.3 Å². The van der Waals surface area contributed by atoms with Gasteiger partial charge in [0.15, 0.2) is 0 Å². The zero-order chi connectivity index (χ0) is 18.4. The molecule has 0 spiro atoms. The summed E-state index contributed by atoms with van der Waals surface area (Å²) in [6, 6.07) is 5.65. The second-order valence-electron chi connectivity index (χ2n) is 6.79. The molecule has 1 heterocycles. The number of aromatic nitrogens is 1. The fourth-order valence-electron chi connectivity index (χ4n) is 2.75. The maximum Gasteiger partial charge on any atom is 0.129 e. The van der Waals surface area contributed by atoms with Crippen molar-refractivity contribution in [1.29, 1.82) is 0 Å². The number of benzene rings is 1. The molecule has 0 bridgehead atoms. The molecule has 2 aromatic rings. The first kappa shape index (κ1) is 20.1. The first-order chi connectivity index (χ1) is 11.9. The normalized spacial score (nSPS) is 15.5. The zero-order valence-electron chi connectivity index (χ0n) is 15.5. The van der Waals surface area contributed by atoms with E-state index in [1.165, 1.54) is 0 Å². The highest BCUT2D eigenvalue weighted by molar-refractivity contribution is 8.01. The predicted molar refractivity (Wildman–Crippen MR) is 105 cm³/mol. The number of rotatable bonds is 10. The third kappa shape index (κ3) is 5.64. The highest BCUT2D eigenvalue weighted by Crippen LogP contribution is 2.30. The number of ether oxygens (including phenoxy) is 1. The van der Waals surface area contributed by atoms with E-state index in [4.69, 9.17) is 4.74 Å². The van der Waals surface area contributed by atoms with E-state index in [0.717, 1.165) is 22.9 Å². The van der Waals surface area contributed by atoms with Crippen LogP contribution in [0.2, 0.25) is 0 Å². The van der Waals surface area contributed by atoms with Gasteiger partial charge in [0, 0.05) is 28.9 Å². The minimum absolute atomic E-state index is 0.0449. The van der Waals surface area contributed by atoms with Crippen LogP contribution in [-0.4, -0.2) is 44.6 Å². The Labute approximate surface area is 154 Å². The number of aromatic amines is 1. The van der Waals surface area contributed by atoms with Gasteiger partial charge >= 0.3 is 0 Å². The Morgan fingerprint density at radius 3 is 2.76 bits per heavy atom. The monoisotopic (exact) mass is 366 g/mol. The molecule has 0 saturated heterocycles. The second kappa shape index (κ2) is 8.94. The summed E-state index contributed by atoms with van der Waals surface area (Å²) in [5.41, 5.74) is 1.70. The van der Waals surface area contributed by atoms with Crippen LogP contribution in [0.4, 0.5) is 0 Å². The fraction of sp³-hybridized carbons (Fsp3) is 0.579. The molecule has 0 aliphatic heterocycles. The topological polar surface area (TPSA) is 77.5 Å². The number of fused-ring (bicyclic) bond motifs is 1. The highest BCUT2D eigenvalue weighted by Gasteiger charge is 2.24. The summed E-state index contributed by atoms with van der Waals surface area (Å²) < 4.78 is 5.83. The average Bonchev–Trinajstić information content (AvgIpc) is 3.05. The van der Waals surface area contributed by atoms with Gasteiger partial charge in [0.05, 0.1) is 11.5 Å². The quantitative estimate of drug-likeness (QED) is 0.486. The minimum atomic E-state index is -0.606. The van der Waals surface area contributed by atoms with E-state index in [0.29, 0.717) is 17.5 Å². The van der Waals surface area contributed by atoms with Gasteiger partial charge in [0.2, 0.25) is 0 Å². The standard InChI is InChI=1S/C19H30N2O3S/c1-5-19(4,25-13(2)3)21-10-15(23)12-24-18-9-14(11-22)8-17-16(18)6-7-20-17/h6-9,13,15,20-23H,5,10-12H2,1-4H3. The molecular formula is C19H30N2O3S. The minimum Gasteiger partial charge on any atom is -0.490 e. The van der Waals surface area contributed by atoms with E-state index in [9.17, 15) is 10.2 Å². The average molecular weight is 367 g/mol. The lowest BCUT2D eigenvalue weighted by Crippen LogP contribution is -2.45. The number of aliphatic hydroxyl groups is 2. The van der Waals surface area contributed by atoms with E-state index >= 15 is 0 Å². The number of nitrogens with one attached hydrogen (secondary N) is 2. The summed E-state index contributed by atoms with van der Waals surface area (Å²) in [7, 11) is 0. The number of H-pyrrole nitrogens is 1. The van der Waals surface area contributed by atoms with Crippen molar-refractivity contribution in [3.05, 3.63) is 30.0 Å². The van der Waals surface area contributed by atoms with Gasteiger partial charge in [-0.1, -0.05) is 20.8 Å². The van der Waals surface area contributed by atoms with Gasteiger partial charge in [0.25, 0.3) is 0 Å². The van der Waals surface area contributed by atoms with Crippen LogP contribution in [0.25, 0.3) is 10.9 Å². The lowest BCUT2D eigenvalue weighted by molar-refractivity contribution is 0.103. The van der Waals surface area contributed by atoms with Crippen molar-refractivity contribution in [2.45, 2.75) is 56.9 Å². The van der Waals surface area contributed by atoms with Crippen molar-refractivity contribution in [2.75, 3.05) is 13.2 Å². The second-order valence-corrected chi connectivity index (χ2v) is 8.87. The molecule has 0 fully saturated rings. The van der Waals surface area contributed by atoms with Crippen LogP contribution in [0.1, 0.15) is 39.7 Å². The Morgan fingerprint density at radius 1 is 1.36 bits per heavy atom. The third-order valence-corrected chi connectivity index (χ3v) is 5.61. The molecule has 0 aliphatic carbocycles. The maximum atomic E-state index is 10.3. The van der Waals surface area contributed by atoms with E-state index in [1.807, 2.05) is 36.2 Å². The molecule has 2 rings (SSSR count). The van der Waals surface area contributed by atoms with Crippen LogP contribution in [-0.2, 0) is 6.61 Å². The van der Waals surface area contributed by atoms with E-state index in [2.05, 4.69) is 38.0 Å². The fourth-order valence-corrected chi connectivity index (χ4v) is 4.12. The molecule has 140 valence electrons. The Kier molecular flexibility index (Phi) is 7.19. The van der Waals surface area contributed by atoms with Crippen LogP contribution in [0.15, 0.2) is 24.4 Å². The Morgan fingerprint density at radius 2 is 2.12 bits per heavy atom. The first-order valence-corrected chi connectivity index (χ1v) is 9.69. The van der Waals surface area contributed by atoms with Gasteiger partial charge in [-0.15, -0.1) is 11.8 Å². The summed E-state index contributed by atoms with van der Waals surface area (Å²) in [6.45, 7) is 9.30. The number of aliphatic hydroxyl groups excluding tert-OH is 2. The van der Waals surface area contributed by atoms with Crippen molar-refractivity contribution in [2.24, 2.45) is 0 Å². The molecule has 5 nitrogen and oxygen atoms in total. The molecule has 0 aliphatic rings. The SMILES string of the molecule is CCC(C)(NCC(O)COc1cc(CO)cc2[nH]ccc12)SC(C)C. The third-order valence-electron chi connectivity index (χ3n) is 4.19. The smallest absolute Gasteiger partial charge is 0.129 e. The van der Waals surface area contributed by atoms with Crippen LogP contribution in [0.3, 0.4) is 0 Å². The Balaban J connectivity index is 1.94. The summed E-state index contributed by atoms with van der Waals surface area (Å²) in [6.07, 6.45) is 2.21. The molecule has 2 atom stereocenters. The molecule has 1 aromatic heterocycles. The lowest BCUT2D eigenvalue weighted by atomic mass is 10.1. The number of thioether (sulfide) groups is 1. The molecule has 6 heteroatoms. The first-order valence-electron chi connectivity index (χ1n) is 8.81. The zero-order valence-corrected chi connectivity index (χ0v) is 16.3. The molecule has 0 saturated carbocycles. The summed E-state index contributed by atoms with van der Waals surface area (Å²) in [4.78, 5) is 3.07. The predicted octanol–water partition coefficient (Wildman–Crippen LogP) is 3.26. The molecule has 2 unspecified atom stereocenters. The highest BCUT2D eigenvalue weighted by atomic mass is 32.2. The van der Waals surface area contributed by atoms with Crippen LogP contribution in [0, 0.1) is 0 Å². The lowest BCUT2D eigenvalue weighted by Gasteiger charge is -2.32. The van der Waals surface area contributed by atoms with Gasteiger partial charge in [-0.25, -0.2) is 0 Å². The molecule has 0 radical (unpaired) electrons. The van der Waals surface area contributed by atoms with Gasteiger partial charge in [-0.05, 0) is 37.1 Å². The summed E-state index contributed by atoms with van der Waals surface area (Å²) in [5, 5.41) is 24.6.